The van der Waals surface area contributed by atoms with Crippen LogP contribution in [0.1, 0.15) is 20.8 Å². The van der Waals surface area contributed by atoms with E-state index in [0.29, 0.717) is 5.09 Å². The zero-order valence-corrected chi connectivity index (χ0v) is 9.85. The smallest absolute Gasteiger partial charge is 0.346 e. The highest BCUT2D eigenvalue weighted by Crippen LogP contribution is 2.32. The summed E-state index contributed by atoms with van der Waals surface area (Å²) in [6, 6.07) is 0. The third-order valence-electron chi connectivity index (χ3n) is 1.79. The molecule has 1 saturated heterocycles. The number of thioether (sulfide) groups is 1. The second-order valence-electron chi connectivity index (χ2n) is 3.18. The van der Waals surface area contributed by atoms with Crippen LogP contribution in [0.25, 0.3) is 0 Å². The van der Waals surface area contributed by atoms with Crippen molar-refractivity contribution in [3.8, 4) is 0 Å². The molecule has 1 aliphatic rings. The molecule has 1 atom stereocenters. The lowest BCUT2D eigenvalue weighted by molar-refractivity contribution is -0.140. The molecule has 0 radical (unpaired) electrons. The zero-order valence-electron chi connectivity index (χ0n) is 9.03. The van der Waals surface area contributed by atoms with Crippen molar-refractivity contribution in [1.29, 1.82) is 0 Å². The van der Waals surface area contributed by atoms with Crippen LogP contribution in [0.3, 0.4) is 0 Å². The maximum atomic E-state index is 11.5. The molecule has 0 amide bonds. The van der Waals surface area contributed by atoms with E-state index in [1.807, 2.05) is 6.92 Å². The van der Waals surface area contributed by atoms with Gasteiger partial charge >= 0.3 is 5.97 Å². The summed E-state index contributed by atoms with van der Waals surface area (Å²) in [5.41, 5.74) is 0.0335. The van der Waals surface area contributed by atoms with E-state index in [4.69, 9.17) is 9.47 Å². The van der Waals surface area contributed by atoms with Crippen molar-refractivity contribution in [2.75, 3.05) is 12.4 Å². The molecule has 84 valence electrons. The van der Waals surface area contributed by atoms with Gasteiger partial charge in [-0.25, -0.2) is 4.79 Å². The van der Waals surface area contributed by atoms with Crippen LogP contribution in [0.5, 0.6) is 0 Å². The van der Waals surface area contributed by atoms with Gasteiger partial charge in [0.15, 0.2) is 16.4 Å². The van der Waals surface area contributed by atoms with Gasteiger partial charge in [-0.1, -0.05) is 11.8 Å². The van der Waals surface area contributed by atoms with E-state index in [0.717, 1.165) is 5.75 Å². The molecule has 0 aliphatic carbocycles. The topological polar surface area (TPSA) is 52.6 Å². The Bertz CT molecular complexity index is 309. The number of hydrogen-bond acceptors (Lipinski definition) is 5. The molecule has 1 rings (SSSR count). The van der Waals surface area contributed by atoms with Crippen molar-refractivity contribution in [2.24, 2.45) is 0 Å². The standard InChI is InChI=1S/C10H14O4S/c1-4-13-9(12)8(7(3)11)10-14-6(2)5-15-10/h6H,4-5H2,1-3H3/b10-8-/t6-/m0/s1. The summed E-state index contributed by atoms with van der Waals surface area (Å²) in [7, 11) is 0. The van der Waals surface area contributed by atoms with Gasteiger partial charge in [0.05, 0.1) is 6.61 Å². The lowest BCUT2D eigenvalue weighted by Crippen LogP contribution is -2.16. The molecule has 0 spiro atoms. The Kier molecular flexibility index (Phi) is 4.20. The highest BCUT2D eigenvalue weighted by Gasteiger charge is 2.28. The minimum Gasteiger partial charge on any atom is -0.483 e. The molecule has 5 heteroatoms. The lowest BCUT2D eigenvalue weighted by atomic mass is 10.2. The quantitative estimate of drug-likeness (QED) is 0.318. The lowest BCUT2D eigenvalue weighted by Gasteiger charge is -2.07. The molecular formula is C10H14O4S. The maximum absolute atomic E-state index is 11.5. The largest absolute Gasteiger partial charge is 0.483 e. The van der Waals surface area contributed by atoms with Crippen LogP contribution >= 0.6 is 11.8 Å². The van der Waals surface area contributed by atoms with E-state index in [-0.39, 0.29) is 24.1 Å². The number of carbonyl (C=O) groups is 2. The molecule has 1 aliphatic heterocycles. The van der Waals surface area contributed by atoms with Crippen molar-refractivity contribution in [3.63, 3.8) is 0 Å². The number of carbonyl (C=O) groups excluding carboxylic acids is 2. The first kappa shape index (κ1) is 12.1. The average Bonchev–Trinajstić information content (AvgIpc) is 2.51. The number of esters is 1. The van der Waals surface area contributed by atoms with Gasteiger partial charge in [-0.3, -0.25) is 4.79 Å². The Morgan fingerprint density at radius 2 is 2.27 bits per heavy atom. The van der Waals surface area contributed by atoms with Gasteiger partial charge in [-0.2, -0.15) is 0 Å². The molecule has 0 saturated carbocycles. The third kappa shape index (κ3) is 2.99. The minimum atomic E-state index is -0.596. The summed E-state index contributed by atoms with van der Waals surface area (Å²) >= 11 is 1.38. The van der Waals surface area contributed by atoms with Crippen LogP contribution in [0.4, 0.5) is 0 Å². The monoisotopic (exact) mass is 230 g/mol. The van der Waals surface area contributed by atoms with Gasteiger partial charge in [0, 0.05) is 5.75 Å². The molecular weight excluding hydrogens is 216 g/mol. The van der Waals surface area contributed by atoms with Crippen molar-refractivity contribution < 1.29 is 19.1 Å². The summed E-state index contributed by atoms with van der Waals surface area (Å²) in [6.07, 6.45) is 0.0359. The first-order valence-corrected chi connectivity index (χ1v) is 5.76. The number of rotatable bonds is 3. The summed E-state index contributed by atoms with van der Waals surface area (Å²) in [5, 5.41) is 0.397. The van der Waals surface area contributed by atoms with E-state index >= 15 is 0 Å². The Morgan fingerprint density at radius 1 is 1.60 bits per heavy atom. The van der Waals surface area contributed by atoms with Crippen molar-refractivity contribution in [1.82, 2.24) is 0 Å². The third-order valence-corrected chi connectivity index (χ3v) is 2.99. The van der Waals surface area contributed by atoms with Crippen LogP contribution in [-0.2, 0) is 19.1 Å². The Morgan fingerprint density at radius 3 is 2.67 bits per heavy atom. The van der Waals surface area contributed by atoms with E-state index in [9.17, 15) is 9.59 Å². The Labute approximate surface area is 93.0 Å². The number of hydrogen-bond donors (Lipinski definition) is 0. The van der Waals surface area contributed by atoms with E-state index in [1.165, 1.54) is 18.7 Å². The normalized spacial score (nSPS) is 23.3. The van der Waals surface area contributed by atoms with Crippen LogP contribution in [0, 0.1) is 0 Å². The fraction of sp³-hybridized carbons (Fsp3) is 0.600. The molecule has 0 unspecified atom stereocenters. The van der Waals surface area contributed by atoms with Crippen LogP contribution in [0.15, 0.2) is 10.7 Å². The molecule has 0 aromatic rings. The van der Waals surface area contributed by atoms with Gasteiger partial charge in [-0.15, -0.1) is 0 Å². The molecule has 4 nitrogen and oxygen atoms in total. The highest BCUT2D eigenvalue weighted by atomic mass is 32.2. The number of ketones is 1. The van der Waals surface area contributed by atoms with Gasteiger partial charge < -0.3 is 9.47 Å². The van der Waals surface area contributed by atoms with Gasteiger partial charge in [0.2, 0.25) is 0 Å². The summed E-state index contributed by atoms with van der Waals surface area (Å²) < 4.78 is 10.2. The zero-order chi connectivity index (χ0) is 11.4. The summed E-state index contributed by atoms with van der Waals surface area (Å²) in [5.74, 6) is -0.155. The van der Waals surface area contributed by atoms with Crippen molar-refractivity contribution >= 4 is 23.5 Å². The SMILES string of the molecule is CCOC(=O)/C(C(C)=O)=C1/O[C@@H](C)CS1. The first-order chi connectivity index (χ1) is 7.06. The molecule has 15 heavy (non-hydrogen) atoms. The predicted molar refractivity (Wildman–Crippen MR) is 57.3 cm³/mol. The number of ether oxygens (including phenoxy) is 2. The second kappa shape index (κ2) is 5.21. The molecule has 1 heterocycles. The van der Waals surface area contributed by atoms with Gasteiger partial charge in [0.1, 0.15) is 6.10 Å². The first-order valence-electron chi connectivity index (χ1n) is 4.78. The van der Waals surface area contributed by atoms with E-state index < -0.39 is 5.97 Å². The highest BCUT2D eigenvalue weighted by molar-refractivity contribution is 8.03. The molecule has 0 aromatic heterocycles. The van der Waals surface area contributed by atoms with E-state index in [2.05, 4.69) is 0 Å². The van der Waals surface area contributed by atoms with Gasteiger partial charge in [0.25, 0.3) is 0 Å². The van der Waals surface area contributed by atoms with E-state index in [1.54, 1.807) is 6.92 Å². The second-order valence-corrected chi connectivity index (χ2v) is 4.17. The fourth-order valence-corrected chi connectivity index (χ4v) is 2.21. The van der Waals surface area contributed by atoms with Crippen LogP contribution in [0.2, 0.25) is 0 Å². The average molecular weight is 230 g/mol. The summed E-state index contributed by atoms with van der Waals surface area (Å²) in [4.78, 5) is 22.8. The Balaban J connectivity index is 2.91. The van der Waals surface area contributed by atoms with Crippen LogP contribution < -0.4 is 0 Å². The summed E-state index contributed by atoms with van der Waals surface area (Å²) in [6.45, 7) is 5.18. The van der Waals surface area contributed by atoms with Gasteiger partial charge in [-0.05, 0) is 20.8 Å². The van der Waals surface area contributed by atoms with Crippen LogP contribution in [-0.4, -0.2) is 30.2 Å². The minimum absolute atomic E-state index is 0.0335. The molecule has 0 aromatic carbocycles. The molecule has 0 N–H and O–H groups in total. The number of Topliss-reactive ketones (excluding diaryl/α,β-unsaturated/α-hetero) is 1. The molecule has 1 fully saturated rings. The van der Waals surface area contributed by atoms with Crippen molar-refractivity contribution in [2.45, 2.75) is 26.9 Å². The molecule has 0 bridgehead atoms. The fourth-order valence-electron chi connectivity index (χ4n) is 1.15. The Hall–Kier alpha value is -0.970. The maximum Gasteiger partial charge on any atom is 0.346 e. The van der Waals surface area contributed by atoms with Crippen molar-refractivity contribution in [3.05, 3.63) is 10.7 Å². The predicted octanol–water partition coefficient (Wildman–Crippen LogP) is 1.50.